The Morgan fingerprint density at radius 3 is 2.73 bits per heavy atom. The Kier molecular flexibility index (Phi) is 3.75. The number of carbonyl (C=O) groups excluding carboxylic acids is 1. The van der Waals surface area contributed by atoms with Crippen LogP contribution in [0.2, 0.25) is 0 Å². The predicted molar refractivity (Wildman–Crippen MR) is 75.5 cm³/mol. The van der Waals surface area contributed by atoms with E-state index in [9.17, 15) is 13.2 Å². The second-order valence-electron chi connectivity index (χ2n) is 5.81. The SMILES string of the molecule is CNC1CC1NC(=N)[C@@H]1CC[C@@H]2CN1C(=O)N2OS(=O)(=O)O. The number of amides is 2. The fourth-order valence-electron chi connectivity index (χ4n) is 3.10. The minimum atomic E-state index is -4.74. The number of rotatable bonds is 5. The van der Waals surface area contributed by atoms with Crippen LogP contribution >= 0.6 is 0 Å². The van der Waals surface area contributed by atoms with Gasteiger partial charge in [-0.3, -0.25) is 9.96 Å². The van der Waals surface area contributed by atoms with Crippen molar-refractivity contribution in [3.05, 3.63) is 0 Å². The van der Waals surface area contributed by atoms with E-state index in [4.69, 9.17) is 9.96 Å². The summed E-state index contributed by atoms with van der Waals surface area (Å²) in [6, 6.07) is -0.956. The maximum atomic E-state index is 12.2. The van der Waals surface area contributed by atoms with Crippen molar-refractivity contribution >= 4 is 22.3 Å². The summed E-state index contributed by atoms with van der Waals surface area (Å²) in [6.45, 7) is 0.281. The number of nitrogens with one attached hydrogen (secondary N) is 3. The van der Waals surface area contributed by atoms with Crippen LogP contribution in [0.1, 0.15) is 19.3 Å². The zero-order valence-electron chi connectivity index (χ0n) is 12.0. The van der Waals surface area contributed by atoms with Gasteiger partial charge in [0.1, 0.15) is 5.84 Å². The molecule has 0 aromatic rings. The number of amidine groups is 1. The van der Waals surface area contributed by atoms with E-state index in [1.165, 1.54) is 4.90 Å². The first-order chi connectivity index (χ1) is 10.3. The van der Waals surface area contributed by atoms with E-state index in [1.807, 2.05) is 7.05 Å². The summed E-state index contributed by atoms with van der Waals surface area (Å²) in [6.07, 6.45) is 1.98. The lowest BCUT2D eigenvalue weighted by Crippen LogP contribution is -2.50. The van der Waals surface area contributed by atoms with Gasteiger partial charge in [0.15, 0.2) is 0 Å². The first kappa shape index (κ1) is 15.5. The predicted octanol–water partition coefficient (Wildman–Crippen LogP) is -1.08. The van der Waals surface area contributed by atoms with Gasteiger partial charge in [-0.15, -0.1) is 4.28 Å². The number of nitrogens with zero attached hydrogens (tertiary/aromatic N) is 2. The average molecular weight is 333 g/mol. The van der Waals surface area contributed by atoms with Crippen LogP contribution in [0.15, 0.2) is 0 Å². The Balaban J connectivity index is 1.65. The molecule has 3 fully saturated rings. The average Bonchev–Trinajstić information content (AvgIpc) is 3.16. The van der Waals surface area contributed by atoms with E-state index in [0.717, 1.165) is 6.42 Å². The maximum Gasteiger partial charge on any atom is 0.418 e. The molecule has 2 saturated heterocycles. The van der Waals surface area contributed by atoms with Crippen molar-refractivity contribution in [3.63, 3.8) is 0 Å². The molecule has 10 nitrogen and oxygen atoms in total. The number of urea groups is 1. The Morgan fingerprint density at radius 2 is 2.14 bits per heavy atom. The van der Waals surface area contributed by atoms with Crippen LogP contribution in [0.4, 0.5) is 4.79 Å². The Labute approximate surface area is 128 Å². The van der Waals surface area contributed by atoms with Gasteiger partial charge in [-0.2, -0.15) is 13.5 Å². The van der Waals surface area contributed by atoms with Gasteiger partial charge >= 0.3 is 16.4 Å². The number of piperidine rings is 1. The van der Waals surface area contributed by atoms with Crippen molar-refractivity contribution < 1.29 is 22.0 Å². The molecule has 1 aliphatic carbocycles. The molecule has 4 atom stereocenters. The fraction of sp³-hybridized carbons (Fsp3) is 0.818. The van der Waals surface area contributed by atoms with Crippen molar-refractivity contribution in [2.24, 2.45) is 0 Å². The van der Waals surface area contributed by atoms with Crippen LogP contribution in [0.5, 0.6) is 0 Å². The molecule has 0 radical (unpaired) electrons. The molecular weight excluding hydrogens is 314 g/mol. The fourth-order valence-corrected chi connectivity index (χ4v) is 3.49. The summed E-state index contributed by atoms with van der Waals surface area (Å²) in [7, 11) is -2.88. The molecule has 11 heteroatoms. The van der Waals surface area contributed by atoms with Gasteiger partial charge in [-0.1, -0.05) is 0 Å². The standard InChI is InChI=1S/C11H19N5O5S/c1-13-7-4-8(7)14-10(12)9-3-2-6-5-15(9)11(17)16(6)21-22(18,19)20/h6-9,13H,2-5H2,1H3,(H2,12,14)(H,18,19,20)/t6-,7?,8?,9+/m1/s1. The van der Waals surface area contributed by atoms with E-state index in [0.29, 0.717) is 23.9 Å². The second kappa shape index (κ2) is 5.33. The van der Waals surface area contributed by atoms with E-state index < -0.39 is 28.5 Å². The Bertz CT molecular complexity index is 596. The lowest BCUT2D eigenvalue weighted by Gasteiger charge is -2.31. The monoisotopic (exact) mass is 333 g/mol. The molecule has 0 spiro atoms. The van der Waals surface area contributed by atoms with Crippen LogP contribution in [0.3, 0.4) is 0 Å². The van der Waals surface area contributed by atoms with E-state index in [2.05, 4.69) is 14.9 Å². The Morgan fingerprint density at radius 1 is 1.41 bits per heavy atom. The van der Waals surface area contributed by atoms with Crippen LogP contribution in [0.25, 0.3) is 0 Å². The van der Waals surface area contributed by atoms with Gasteiger partial charge in [-0.05, 0) is 26.3 Å². The molecule has 2 amide bonds. The van der Waals surface area contributed by atoms with Gasteiger partial charge < -0.3 is 15.5 Å². The third-order valence-corrected chi connectivity index (χ3v) is 4.68. The molecule has 2 heterocycles. The molecule has 3 rings (SSSR count). The van der Waals surface area contributed by atoms with E-state index in [1.54, 1.807) is 0 Å². The van der Waals surface area contributed by atoms with Crippen molar-refractivity contribution in [2.45, 2.75) is 43.4 Å². The van der Waals surface area contributed by atoms with Crippen molar-refractivity contribution in [1.29, 1.82) is 5.41 Å². The number of carbonyl (C=O) groups is 1. The second-order valence-corrected chi connectivity index (χ2v) is 6.81. The molecule has 2 bridgehead atoms. The lowest BCUT2D eigenvalue weighted by molar-refractivity contribution is -0.0316. The van der Waals surface area contributed by atoms with Crippen LogP contribution < -0.4 is 10.6 Å². The van der Waals surface area contributed by atoms with Crippen LogP contribution in [-0.4, -0.2) is 72.6 Å². The minimum Gasteiger partial charge on any atom is -0.368 e. The molecule has 22 heavy (non-hydrogen) atoms. The Hall–Kier alpha value is -1.43. The molecule has 0 aromatic carbocycles. The first-order valence-corrected chi connectivity index (χ1v) is 8.45. The molecular formula is C11H19N5O5S. The molecule has 2 aliphatic heterocycles. The molecule has 4 N–H and O–H groups in total. The third-order valence-electron chi connectivity index (χ3n) is 4.33. The van der Waals surface area contributed by atoms with Crippen LogP contribution in [-0.2, 0) is 14.7 Å². The topological polar surface area (TPSA) is 135 Å². The highest BCUT2D eigenvalue weighted by atomic mass is 32.3. The number of hydrogen-bond acceptors (Lipinski definition) is 6. The van der Waals surface area contributed by atoms with E-state index >= 15 is 0 Å². The van der Waals surface area contributed by atoms with Crippen LogP contribution in [0, 0.1) is 5.41 Å². The maximum absolute atomic E-state index is 12.2. The highest BCUT2D eigenvalue weighted by Crippen LogP contribution is 2.31. The zero-order chi connectivity index (χ0) is 16.1. The normalized spacial score (nSPS) is 34.0. The molecule has 1 saturated carbocycles. The van der Waals surface area contributed by atoms with Crippen molar-refractivity contribution in [1.82, 2.24) is 20.6 Å². The quantitative estimate of drug-likeness (QED) is 0.285. The van der Waals surface area contributed by atoms with Crippen molar-refractivity contribution in [2.75, 3.05) is 13.6 Å². The van der Waals surface area contributed by atoms with Gasteiger partial charge in [0.2, 0.25) is 0 Å². The third kappa shape index (κ3) is 2.89. The van der Waals surface area contributed by atoms with Crippen molar-refractivity contribution in [3.8, 4) is 0 Å². The summed E-state index contributed by atoms with van der Waals surface area (Å²) in [5.41, 5.74) is 0. The minimum absolute atomic E-state index is 0.193. The largest absolute Gasteiger partial charge is 0.418 e. The van der Waals surface area contributed by atoms with Gasteiger partial charge in [0.05, 0.1) is 12.1 Å². The number of likely N-dealkylation sites (N-methyl/N-ethyl adjacent to an activating group) is 1. The number of fused-ring (bicyclic) bond motifs is 2. The summed E-state index contributed by atoms with van der Waals surface area (Å²) in [5, 5.41) is 15.0. The summed E-state index contributed by atoms with van der Waals surface area (Å²) in [4.78, 5) is 13.6. The number of hydrogen-bond donors (Lipinski definition) is 4. The van der Waals surface area contributed by atoms with Gasteiger partial charge in [-0.25, -0.2) is 4.79 Å². The summed E-state index contributed by atoms with van der Waals surface area (Å²) in [5.74, 6) is 0.253. The van der Waals surface area contributed by atoms with E-state index in [-0.39, 0.29) is 18.4 Å². The number of hydroxylamine groups is 2. The van der Waals surface area contributed by atoms with Gasteiger partial charge in [0, 0.05) is 18.6 Å². The molecule has 2 unspecified atom stereocenters. The first-order valence-electron chi connectivity index (χ1n) is 7.09. The summed E-state index contributed by atoms with van der Waals surface area (Å²) < 4.78 is 34.7. The lowest BCUT2D eigenvalue weighted by atomic mass is 10.00. The highest BCUT2D eigenvalue weighted by molar-refractivity contribution is 7.80. The highest BCUT2D eigenvalue weighted by Gasteiger charge is 2.49. The zero-order valence-corrected chi connectivity index (χ0v) is 12.8. The van der Waals surface area contributed by atoms with Gasteiger partial charge in [0.25, 0.3) is 0 Å². The molecule has 0 aromatic heterocycles. The molecule has 124 valence electrons. The summed E-state index contributed by atoms with van der Waals surface area (Å²) >= 11 is 0. The molecule has 3 aliphatic rings. The smallest absolute Gasteiger partial charge is 0.368 e.